The van der Waals surface area contributed by atoms with Crippen LogP contribution in [0.5, 0.6) is 0 Å². The Hall–Kier alpha value is -1.39. The molecule has 19 heavy (non-hydrogen) atoms. The van der Waals surface area contributed by atoms with E-state index in [1.54, 1.807) is 37.3 Å². The number of anilines is 1. The Morgan fingerprint density at radius 1 is 1.26 bits per heavy atom. The van der Waals surface area contributed by atoms with Gasteiger partial charge in [-0.2, -0.15) is 0 Å². The van der Waals surface area contributed by atoms with E-state index in [2.05, 4.69) is 21.2 Å². The molecule has 2 aromatic rings. The Morgan fingerprint density at radius 3 is 2.63 bits per heavy atom. The van der Waals surface area contributed by atoms with Crippen LogP contribution in [-0.2, 0) is 0 Å². The van der Waals surface area contributed by atoms with Gasteiger partial charge in [0.2, 0.25) is 0 Å². The van der Waals surface area contributed by atoms with Crippen LogP contribution in [-0.4, -0.2) is 5.91 Å². The molecule has 0 unspecified atom stereocenters. The fourth-order valence-electron chi connectivity index (χ4n) is 1.65. The van der Waals surface area contributed by atoms with Crippen LogP contribution in [0.4, 0.5) is 10.1 Å². The molecule has 98 valence electrons. The molecule has 0 atom stereocenters. The van der Waals surface area contributed by atoms with Crippen LogP contribution < -0.4 is 5.32 Å². The number of hydrogen-bond donors (Lipinski definition) is 1. The number of halogens is 3. The average molecular weight is 343 g/mol. The maximum atomic E-state index is 13.3. The van der Waals surface area contributed by atoms with Crippen molar-refractivity contribution in [2.75, 3.05) is 5.32 Å². The van der Waals surface area contributed by atoms with Crippen molar-refractivity contribution in [3.05, 3.63) is 62.8 Å². The maximum Gasteiger partial charge on any atom is 0.255 e. The molecule has 0 heterocycles. The summed E-state index contributed by atoms with van der Waals surface area (Å²) in [6.07, 6.45) is 0. The van der Waals surface area contributed by atoms with E-state index >= 15 is 0 Å². The molecule has 1 amide bonds. The molecule has 5 heteroatoms. The summed E-state index contributed by atoms with van der Waals surface area (Å²) in [4.78, 5) is 12.1. The van der Waals surface area contributed by atoms with Gasteiger partial charge in [-0.15, -0.1) is 0 Å². The van der Waals surface area contributed by atoms with Crippen molar-refractivity contribution < 1.29 is 9.18 Å². The molecule has 0 bridgehead atoms. The first kappa shape index (κ1) is 14.0. The SMILES string of the molecule is Cc1cc(Cl)ccc1C(=O)Nc1ccc(Br)c(F)c1. The van der Waals surface area contributed by atoms with Gasteiger partial charge in [-0.25, -0.2) is 4.39 Å². The number of hydrogen-bond acceptors (Lipinski definition) is 1. The molecule has 0 aliphatic rings. The molecular weight excluding hydrogens is 333 g/mol. The van der Waals surface area contributed by atoms with E-state index in [9.17, 15) is 9.18 Å². The molecule has 2 nitrogen and oxygen atoms in total. The third kappa shape index (κ3) is 3.33. The fraction of sp³-hybridized carbons (Fsp3) is 0.0714. The fourth-order valence-corrected chi connectivity index (χ4v) is 2.13. The predicted molar refractivity (Wildman–Crippen MR) is 78.2 cm³/mol. The van der Waals surface area contributed by atoms with Gasteiger partial charge in [-0.05, 0) is 64.8 Å². The normalized spacial score (nSPS) is 10.3. The lowest BCUT2D eigenvalue weighted by Gasteiger charge is -2.08. The zero-order chi connectivity index (χ0) is 14.0. The average Bonchev–Trinajstić information content (AvgIpc) is 2.33. The zero-order valence-corrected chi connectivity index (χ0v) is 12.3. The van der Waals surface area contributed by atoms with Gasteiger partial charge in [0.1, 0.15) is 5.82 Å². The zero-order valence-electron chi connectivity index (χ0n) is 10.0. The van der Waals surface area contributed by atoms with E-state index in [0.29, 0.717) is 20.7 Å². The molecule has 0 saturated heterocycles. The van der Waals surface area contributed by atoms with Crippen LogP contribution in [0.25, 0.3) is 0 Å². The van der Waals surface area contributed by atoms with Crippen molar-refractivity contribution in [1.29, 1.82) is 0 Å². The predicted octanol–water partition coefficient (Wildman–Crippen LogP) is 4.80. The lowest BCUT2D eigenvalue weighted by molar-refractivity contribution is 0.102. The van der Waals surface area contributed by atoms with Crippen LogP contribution in [0.15, 0.2) is 40.9 Å². The second kappa shape index (κ2) is 5.72. The Labute approximate surface area is 123 Å². The topological polar surface area (TPSA) is 29.1 Å². The number of carbonyl (C=O) groups excluding carboxylic acids is 1. The highest BCUT2D eigenvalue weighted by Crippen LogP contribution is 2.21. The first-order chi connectivity index (χ1) is 8.97. The van der Waals surface area contributed by atoms with Crippen LogP contribution in [0, 0.1) is 12.7 Å². The molecule has 0 saturated carbocycles. The van der Waals surface area contributed by atoms with E-state index < -0.39 is 5.82 Å². The standard InChI is InChI=1S/C14H10BrClFNO/c1-8-6-9(16)2-4-11(8)14(19)18-10-3-5-12(15)13(17)7-10/h2-7H,1H3,(H,18,19). The largest absolute Gasteiger partial charge is 0.322 e. The molecule has 0 aliphatic carbocycles. The Balaban J connectivity index is 2.23. The summed E-state index contributed by atoms with van der Waals surface area (Å²) in [6, 6.07) is 9.41. The summed E-state index contributed by atoms with van der Waals surface area (Å²) in [5, 5.41) is 3.22. The third-order valence-electron chi connectivity index (χ3n) is 2.61. The highest BCUT2D eigenvalue weighted by atomic mass is 79.9. The Kier molecular flexibility index (Phi) is 4.22. The van der Waals surface area contributed by atoms with Gasteiger partial charge in [0.25, 0.3) is 5.91 Å². The summed E-state index contributed by atoms with van der Waals surface area (Å²) in [6.45, 7) is 1.79. The third-order valence-corrected chi connectivity index (χ3v) is 3.49. The molecule has 1 N–H and O–H groups in total. The number of benzene rings is 2. The number of carbonyl (C=O) groups is 1. The van der Waals surface area contributed by atoms with Crippen molar-refractivity contribution >= 4 is 39.1 Å². The molecule has 0 fully saturated rings. The lowest BCUT2D eigenvalue weighted by Crippen LogP contribution is -2.13. The number of nitrogens with one attached hydrogen (secondary N) is 1. The minimum atomic E-state index is -0.425. The summed E-state index contributed by atoms with van der Waals surface area (Å²) in [7, 11) is 0. The number of aryl methyl sites for hydroxylation is 1. The van der Waals surface area contributed by atoms with Gasteiger partial charge in [0, 0.05) is 16.3 Å². The van der Waals surface area contributed by atoms with E-state index in [0.717, 1.165) is 5.56 Å². The summed E-state index contributed by atoms with van der Waals surface area (Å²) in [5.41, 5.74) is 1.68. The highest BCUT2D eigenvalue weighted by molar-refractivity contribution is 9.10. The van der Waals surface area contributed by atoms with Gasteiger partial charge in [0.15, 0.2) is 0 Å². The summed E-state index contributed by atoms with van der Waals surface area (Å²) >= 11 is 8.89. The molecule has 2 rings (SSSR count). The van der Waals surface area contributed by atoms with Gasteiger partial charge in [0.05, 0.1) is 4.47 Å². The second-order valence-corrected chi connectivity index (χ2v) is 5.33. The van der Waals surface area contributed by atoms with Crippen LogP contribution in [0.1, 0.15) is 15.9 Å². The maximum absolute atomic E-state index is 13.3. The van der Waals surface area contributed by atoms with E-state index in [1.807, 2.05) is 0 Å². The minimum Gasteiger partial charge on any atom is -0.322 e. The van der Waals surface area contributed by atoms with Crippen molar-refractivity contribution in [2.24, 2.45) is 0 Å². The van der Waals surface area contributed by atoms with E-state index in [-0.39, 0.29) is 5.91 Å². The van der Waals surface area contributed by atoms with Gasteiger partial charge in [-0.1, -0.05) is 11.6 Å². The Morgan fingerprint density at radius 2 is 2.00 bits per heavy atom. The highest BCUT2D eigenvalue weighted by Gasteiger charge is 2.10. The first-order valence-corrected chi connectivity index (χ1v) is 6.67. The minimum absolute atomic E-state index is 0.295. The molecule has 0 spiro atoms. The monoisotopic (exact) mass is 341 g/mol. The van der Waals surface area contributed by atoms with E-state index in [1.165, 1.54) is 6.07 Å². The van der Waals surface area contributed by atoms with Crippen LogP contribution in [0.3, 0.4) is 0 Å². The lowest BCUT2D eigenvalue weighted by atomic mass is 10.1. The van der Waals surface area contributed by atoms with Gasteiger partial charge in [-0.3, -0.25) is 4.79 Å². The molecular formula is C14H10BrClFNO. The van der Waals surface area contributed by atoms with Crippen LogP contribution >= 0.6 is 27.5 Å². The quantitative estimate of drug-likeness (QED) is 0.834. The summed E-state index contributed by atoms with van der Waals surface area (Å²) < 4.78 is 13.7. The first-order valence-electron chi connectivity index (χ1n) is 5.50. The molecule has 0 radical (unpaired) electrons. The van der Waals surface area contributed by atoms with Gasteiger partial charge >= 0.3 is 0 Å². The van der Waals surface area contributed by atoms with Crippen LogP contribution in [0.2, 0.25) is 5.02 Å². The molecule has 0 aromatic heterocycles. The van der Waals surface area contributed by atoms with Crippen molar-refractivity contribution in [3.63, 3.8) is 0 Å². The molecule has 0 aliphatic heterocycles. The molecule has 2 aromatic carbocycles. The number of rotatable bonds is 2. The van der Waals surface area contributed by atoms with E-state index in [4.69, 9.17) is 11.6 Å². The van der Waals surface area contributed by atoms with Crippen molar-refractivity contribution in [3.8, 4) is 0 Å². The second-order valence-electron chi connectivity index (χ2n) is 4.04. The smallest absolute Gasteiger partial charge is 0.255 e. The Bertz CT molecular complexity index is 645. The summed E-state index contributed by atoms with van der Waals surface area (Å²) in [5.74, 6) is -0.721. The van der Waals surface area contributed by atoms with Crippen molar-refractivity contribution in [1.82, 2.24) is 0 Å². The van der Waals surface area contributed by atoms with Gasteiger partial charge < -0.3 is 5.32 Å². The number of amides is 1. The van der Waals surface area contributed by atoms with Crippen molar-refractivity contribution in [2.45, 2.75) is 6.92 Å².